The number of unbranched alkanes of at least 4 members (excludes halogenated alkanes) is 5. The van der Waals surface area contributed by atoms with Gasteiger partial charge in [0.2, 0.25) is 5.96 Å². The molecule has 5 N–H and O–H groups in total. The highest BCUT2D eigenvalue weighted by molar-refractivity contribution is 5.98. The molecule has 0 saturated heterocycles. The van der Waals surface area contributed by atoms with E-state index in [0.717, 1.165) is 69.2 Å². The first-order valence-electron chi connectivity index (χ1n) is 14.4. The molecule has 230 valence electrons. The van der Waals surface area contributed by atoms with Crippen molar-refractivity contribution in [2.24, 2.45) is 4.99 Å². The molecular weight excluding hydrogens is 528 g/mol. The zero-order chi connectivity index (χ0) is 30.3. The number of hydrogen-bond acceptors (Lipinski definition) is 9. The molecule has 0 spiro atoms. The van der Waals surface area contributed by atoms with Crippen LogP contribution in [0.2, 0.25) is 0 Å². The van der Waals surface area contributed by atoms with Crippen LogP contribution in [0.3, 0.4) is 0 Å². The molecule has 0 aliphatic heterocycles. The first-order valence-corrected chi connectivity index (χ1v) is 14.4. The van der Waals surface area contributed by atoms with Crippen molar-refractivity contribution in [3.63, 3.8) is 0 Å². The topological polar surface area (TPSA) is 162 Å². The molecule has 1 heterocycles. The van der Waals surface area contributed by atoms with Crippen LogP contribution in [-0.4, -0.2) is 60.7 Å². The van der Waals surface area contributed by atoms with E-state index in [9.17, 15) is 9.59 Å². The van der Waals surface area contributed by atoms with Crippen LogP contribution in [0.4, 0.5) is 15.4 Å². The van der Waals surface area contributed by atoms with Gasteiger partial charge in [-0.15, -0.1) is 4.99 Å². The maximum Gasteiger partial charge on any atom is 0.437 e. The number of anilines is 1. The molecule has 0 bridgehead atoms. The van der Waals surface area contributed by atoms with Crippen LogP contribution in [0.25, 0.3) is 11.0 Å². The Labute approximate surface area is 243 Å². The van der Waals surface area contributed by atoms with Crippen molar-refractivity contribution >= 4 is 34.9 Å². The number of carbonyl (C=O) groups excluding carboxylic acids is 2. The minimum atomic E-state index is -0.785. The van der Waals surface area contributed by atoms with Crippen LogP contribution in [0.1, 0.15) is 86.5 Å². The lowest BCUT2D eigenvalue weighted by molar-refractivity contribution is 0.0560. The minimum Gasteiger partial charge on any atom is -0.493 e. The van der Waals surface area contributed by atoms with Crippen LogP contribution in [-0.2, 0) is 9.47 Å². The average molecular weight is 577 g/mol. The van der Waals surface area contributed by atoms with E-state index in [1.807, 2.05) is 18.2 Å². The number of nitrogens with two attached hydrogens (primary N) is 1. The van der Waals surface area contributed by atoms with Gasteiger partial charge in [0.05, 0.1) is 12.0 Å². The number of aromatic nitrogens is 1. The van der Waals surface area contributed by atoms with E-state index in [0.29, 0.717) is 24.6 Å². The summed E-state index contributed by atoms with van der Waals surface area (Å²) in [5, 5.41) is 13.5. The number of hydrogen-bond donors (Lipinski definition) is 4. The van der Waals surface area contributed by atoms with Crippen molar-refractivity contribution in [1.29, 1.82) is 0 Å². The number of nitrogens with one attached hydrogen (secondary N) is 3. The summed E-state index contributed by atoms with van der Waals surface area (Å²) in [6.45, 7) is 13.7. The van der Waals surface area contributed by atoms with Gasteiger partial charge in [-0.1, -0.05) is 24.4 Å². The molecule has 0 atom stereocenters. The molecule has 12 nitrogen and oxygen atoms in total. The second-order valence-corrected chi connectivity index (χ2v) is 11.8. The highest BCUT2D eigenvalue weighted by Gasteiger charge is 2.20. The second kappa shape index (κ2) is 16.7. The van der Waals surface area contributed by atoms with Crippen LogP contribution >= 0.6 is 0 Å². The van der Waals surface area contributed by atoms with E-state index < -0.39 is 23.4 Å². The molecule has 41 heavy (non-hydrogen) atoms. The van der Waals surface area contributed by atoms with Crippen LogP contribution in [0.15, 0.2) is 27.7 Å². The maximum absolute atomic E-state index is 12.1. The molecule has 12 heteroatoms. The number of ether oxygens (including phenoxy) is 3. The maximum atomic E-state index is 12.1. The Kier molecular flexibility index (Phi) is 13.7. The number of fused-ring (bicyclic) bond motifs is 1. The fraction of sp³-hybridized carbons (Fsp3) is 0.655. The normalized spacial score (nSPS) is 12.3. The first kappa shape index (κ1) is 33.7. The third-order valence-electron chi connectivity index (χ3n) is 5.53. The molecule has 0 unspecified atom stereocenters. The number of aliphatic imine (C=N–C) groups is 1. The van der Waals surface area contributed by atoms with Gasteiger partial charge >= 0.3 is 12.2 Å². The van der Waals surface area contributed by atoms with E-state index in [-0.39, 0.29) is 5.96 Å². The van der Waals surface area contributed by atoms with Gasteiger partial charge in [-0.25, -0.2) is 9.59 Å². The summed E-state index contributed by atoms with van der Waals surface area (Å²) >= 11 is 0. The summed E-state index contributed by atoms with van der Waals surface area (Å²) in [4.78, 5) is 28.1. The number of benzene rings is 1. The molecule has 2 amide bonds. The summed E-state index contributed by atoms with van der Waals surface area (Å²) in [6, 6.07) is 5.54. The van der Waals surface area contributed by atoms with E-state index in [1.165, 1.54) is 0 Å². The molecule has 0 aliphatic rings. The molecule has 0 aliphatic carbocycles. The molecule has 0 radical (unpaired) electrons. The molecular formula is C29H48N6O6. The quantitative estimate of drug-likeness (QED) is 0.128. The Morgan fingerprint density at radius 3 is 2.22 bits per heavy atom. The van der Waals surface area contributed by atoms with Crippen LogP contribution in [0, 0.1) is 0 Å². The second-order valence-electron chi connectivity index (χ2n) is 11.8. The van der Waals surface area contributed by atoms with Crippen molar-refractivity contribution < 1.29 is 28.3 Å². The summed E-state index contributed by atoms with van der Waals surface area (Å²) in [6.07, 6.45) is 5.73. The first-order chi connectivity index (χ1) is 19.3. The zero-order valence-corrected chi connectivity index (χ0v) is 25.4. The molecule has 0 saturated carbocycles. The van der Waals surface area contributed by atoms with Gasteiger partial charge < -0.3 is 35.1 Å². The minimum absolute atomic E-state index is 0.0178. The van der Waals surface area contributed by atoms with Gasteiger partial charge in [0.1, 0.15) is 17.0 Å². The number of nitrogen functional groups attached to an aromatic ring is 1. The van der Waals surface area contributed by atoms with E-state index >= 15 is 0 Å². The van der Waals surface area contributed by atoms with Gasteiger partial charge in [0.25, 0.3) is 0 Å². The van der Waals surface area contributed by atoms with Gasteiger partial charge in [-0.3, -0.25) is 5.32 Å². The lowest BCUT2D eigenvalue weighted by atomic mass is 10.1. The molecule has 1 aromatic heterocycles. The summed E-state index contributed by atoms with van der Waals surface area (Å²) in [7, 11) is 0. The average Bonchev–Trinajstić information content (AvgIpc) is 3.21. The standard InChI is InChI=1S/C29H48N6O6/c1-28(2,3)39-26(36)33-25(34-27(37)40-29(4,5)6)32-18-11-9-7-8-10-16-31-17-12-13-19-38-21-14-15-22-23(20-21)41-35-24(22)30/h14-15,20,31H,7-13,16-19H2,1-6H3,(H2,30,35)(H2,32,33,34,36,37). The number of rotatable bonds is 14. The fourth-order valence-electron chi connectivity index (χ4n) is 3.69. The lowest BCUT2D eigenvalue weighted by Crippen LogP contribution is -2.44. The summed E-state index contributed by atoms with van der Waals surface area (Å²) in [5.74, 6) is 1.16. The lowest BCUT2D eigenvalue weighted by Gasteiger charge is -2.21. The van der Waals surface area contributed by atoms with Crippen molar-refractivity contribution in [1.82, 2.24) is 21.1 Å². The van der Waals surface area contributed by atoms with Crippen LogP contribution in [0.5, 0.6) is 5.75 Å². The van der Waals surface area contributed by atoms with E-state index in [1.54, 1.807) is 41.5 Å². The highest BCUT2D eigenvalue weighted by Crippen LogP contribution is 2.24. The zero-order valence-electron chi connectivity index (χ0n) is 25.4. The number of amides is 2. The largest absolute Gasteiger partial charge is 0.493 e. The van der Waals surface area contributed by atoms with Crippen molar-refractivity contribution in [2.75, 3.05) is 32.0 Å². The molecule has 1 aromatic carbocycles. The van der Waals surface area contributed by atoms with Crippen molar-refractivity contribution in [2.45, 2.75) is 97.7 Å². The SMILES string of the molecule is CC(C)(C)OC(=O)/N=C(/NCCCCCCCNCCCCOc1ccc2c(N)noc2c1)NC(=O)OC(C)(C)C. The molecule has 2 rings (SSSR count). The molecule has 0 fully saturated rings. The Balaban J connectivity index is 1.51. The molecule has 2 aromatic rings. The monoisotopic (exact) mass is 576 g/mol. The number of nitrogens with zero attached hydrogens (tertiary/aromatic N) is 2. The van der Waals surface area contributed by atoms with Gasteiger partial charge in [0.15, 0.2) is 11.4 Å². The number of alkyl carbamates (subject to hydrolysis) is 1. The Hall–Kier alpha value is -3.54. The number of guanidine groups is 1. The highest BCUT2D eigenvalue weighted by atomic mass is 16.6. The summed E-state index contributed by atoms with van der Waals surface area (Å²) < 4.78 is 21.4. The predicted molar refractivity (Wildman–Crippen MR) is 160 cm³/mol. The third kappa shape index (κ3) is 15.1. The smallest absolute Gasteiger partial charge is 0.437 e. The number of carbonyl (C=O) groups is 2. The Morgan fingerprint density at radius 1 is 0.902 bits per heavy atom. The van der Waals surface area contributed by atoms with Crippen molar-refractivity contribution in [3.8, 4) is 5.75 Å². The van der Waals surface area contributed by atoms with Gasteiger partial charge in [0, 0.05) is 12.6 Å². The Morgan fingerprint density at radius 2 is 1.54 bits per heavy atom. The fourth-order valence-corrected chi connectivity index (χ4v) is 3.69. The van der Waals surface area contributed by atoms with Gasteiger partial charge in [-0.05, 0) is 92.4 Å². The van der Waals surface area contributed by atoms with Crippen molar-refractivity contribution in [3.05, 3.63) is 18.2 Å². The van der Waals surface area contributed by atoms with E-state index in [2.05, 4.69) is 26.1 Å². The third-order valence-corrected chi connectivity index (χ3v) is 5.53. The van der Waals surface area contributed by atoms with Gasteiger partial charge in [-0.2, -0.15) is 0 Å². The summed E-state index contributed by atoms with van der Waals surface area (Å²) in [5.41, 5.74) is 5.00. The van der Waals surface area contributed by atoms with E-state index in [4.69, 9.17) is 24.5 Å². The Bertz CT molecular complexity index is 1120. The van der Waals surface area contributed by atoms with Crippen LogP contribution < -0.4 is 26.4 Å². The predicted octanol–water partition coefficient (Wildman–Crippen LogP) is 5.51.